The van der Waals surface area contributed by atoms with Crippen molar-refractivity contribution in [2.45, 2.75) is 29.9 Å². The molecule has 0 heterocycles. The maximum atomic E-state index is 11.3. The molecule has 0 radical (unpaired) electrons. The summed E-state index contributed by atoms with van der Waals surface area (Å²) in [6, 6.07) is 7.14. The molecule has 1 aromatic rings. The molecule has 94 valence electrons. The fraction of sp³-hybridized carbons (Fsp3) is 0.500. The highest BCUT2D eigenvalue weighted by atomic mass is 32.2. The molecule has 0 spiro atoms. The van der Waals surface area contributed by atoms with Crippen molar-refractivity contribution >= 4 is 9.84 Å². The molecule has 2 rings (SSSR count). The number of rotatable bonds is 4. The molecule has 4 nitrogen and oxygen atoms in total. The van der Waals surface area contributed by atoms with Gasteiger partial charge in [0, 0.05) is 12.3 Å². The molecule has 5 heteroatoms. The lowest BCUT2D eigenvalue weighted by molar-refractivity contribution is 0.0884. The lowest BCUT2D eigenvalue weighted by atomic mass is 9.89. The second-order valence-corrected chi connectivity index (χ2v) is 6.46. The van der Waals surface area contributed by atoms with E-state index in [0.29, 0.717) is 10.9 Å². The zero-order valence-electron chi connectivity index (χ0n) is 10.0. The van der Waals surface area contributed by atoms with Gasteiger partial charge in [0.05, 0.1) is 4.90 Å². The molecule has 1 aliphatic rings. The minimum absolute atomic E-state index is 0.247. The Kier molecular flexibility index (Phi) is 3.40. The second kappa shape index (κ2) is 4.66. The van der Waals surface area contributed by atoms with E-state index in [-0.39, 0.29) is 6.10 Å². The Balaban J connectivity index is 1.96. The summed E-state index contributed by atoms with van der Waals surface area (Å²) in [5, 5.41) is 3.19. The van der Waals surface area contributed by atoms with Crippen LogP contribution in [0.5, 0.6) is 5.75 Å². The van der Waals surface area contributed by atoms with Crippen LogP contribution in [0.2, 0.25) is 0 Å². The van der Waals surface area contributed by atoms with Crippen LogP contribution >= 0.6 is 0 Å². The second-order valence-electron chi connectivity index (χ2n) is 4.44. The predicted octanol–water partition coefficient (Wildman–Crippen LogP) is 1.22. The molecule has 0 unspecified atom stereocenters. The fourth-order valence-corrected chi connectivity index (χ4v) is 2.49. The fourth-order valence-electron chi connectivity index (χ4n) is 1.86. The first-order valence-corrected chi connectivity index (χ1v) is 7.52. The first-order valence-electron chi connectivity index (χ1n) is 5.63. The summed E-state index contributed by atoms with van der Waals surface area (Å²) < 4.78 is 28.2. The van der Waals surface area contributed by atoms with Gasteiger partial charge in [-0.1, -0.05) is 0 Å². The number of hydrogen-bond acceptors (Lipinski definition) is 4. The number of sulfone groups is 1. The van der Waals surface area contributed by atoms with Crippen LogP contribution in [-0.2, 0) is 9.84 Å². The van der Waals surface area contributed by atoms with Crippen LogP contribution in [0.25, 0.3) is 0 Å². The van der Waals surface area contributed by atoms with E-state index < -0.39 is 9.84 Å². The summed E-state index contributed by atoms with van der Waals surface area (Å²) in [6.45, 7) is 0. The smallest absolute Gasteiger partial charge is 0.175 e. The predicted molar refractivity (Wildman–Crippen MR) is 66.0 cm³/mol. The van der Waals surface area contributed by atoms with Gasteiger partial charge in [0.15, 0.2) is 9.84 Å². The van der Waals surface area contributed by atoms with Crippen molar-refractivity contribution in [3.63, 3.8) is 0 Å². The van der Waals surface area contributed by atoms with Gasteiger partial charge in [-0.3, -0.25) is 0 Å². The third-order valence-corrected chi connectivity index (χ3v) is 4.19. The first-order chi connectivity index (χ1) is 7.99. The zero-order valence-corrected chi connectivity index (χ0v) is 10.8. The maximum Gasteiger partial charge on any atom is 0.175 e. The minimum atomic E-state index is -3.12. The van der Waals surface area contributed by atoms with Crippen molar-refractivity contribution < 1.29 is 13.2 Å². The van der Waals surface area contributed by atoms with Crippen molar-refractivity contribution in [1.29, 1.82) is 0 Å². The Hall–Kier alpha value is -1.07. The Morgan fingerprint density at radius 3 is 2.29 bits per heavy atom. The zero-order chi connectivity index (χ0) is 12.5. The number of hydrogen-bond donors (Lipinski definition) is 1. The summed E-state index contributed by atoms with van der Waals surface area (Å²) in [4.78, 5) is 0.326. The van der Waals surface area contributed by atoms with Crippen molar-refractivity contribution in [2.75, 3.05) is 13.3 Å². The highest BCUT2D eigenvalue weighted by molar-refractivity contribution is 7.90. The van der Waals surface area contributed by atoms with Crippen LogP contribution in [0.3, 0.4) is 0 Å². The quantitative estimate of drug-likeness (QED) is 0.879. The van der Waals surface area contributed by atoms with Gasteiger partial charge in [0.1, 0.15) is 11.9 Å². The topological polar surface area (TPSA) is 55.4 Å². The molecule has 17 heavy (non-hydrogen) atoms. The van der Waals surface area contributed by atoms with E-state index in [0.717, 1.165) is 18.6 Å². The van der Waals surface area contributed by atoms with Crippen LogP contribution in [0.4, 0.5) is 0 Å². The molecule has 0 aromatic heterocycles. The van der Waals surface area contributed by atoms with Crippen LogP contribution in [0.1, 0.15) is 12.8 Å². The SMILES string of the molecule is CNC1CC(Oc2ccc(S(C)(=O)=O)cc2)C1. The first kappa shape index (κ1) is 12.4. The van der Waals surface area contributed by atoms with E-state index in [4.69, 9.17) is 4.74 Å². The van der Waals surface area contributed by atoms with Crippen molar-refractivity contribution in [2.24, 2.45) is 0 Å². The van der Waals surface area contributed by atoms with Crippen LogP contribution in [-0.4, -0.2) is 33.9 Å². The molecular weight excluding hydrogens is 238 g/mol. The largest absolute Gasteiger partial charge is 0.490 e. The summed E-state index contributed by atoms with van der Waals surface area (Å²) in [6.07, 6.45) is 3.46. The van der Waals surface area contributed by atoms with E-state index in [1.807, 2.05) is 7.05 Å². The van der Waals surface area contributed by atoms with Gasteiger partial charge in [-0.05, 0) is 44.2 Å². The van der Waals surface area contributed by atoms with E-state index in [1.54, 1.807) is 24.3 Å². The van der Waals surface area contributed by atoms with E-state index in [1.165, 1.54) is 6.26 Å². The van der Waals surface area contributed by atoms with E-state index in [9.17, 15) is 8.42 Å². The Bertz CT molecular complexity index is 475. The molecule has 1 N–H and O–H groups in total. The number of ether oxygens (including phenoxy) is 1. The Morgan fingerprint density at radius 1 is 1.24 bits per heavy atom. The average molecular weight is 255 g/mol. The van der Waals surface area contributed by atoms with Gasteiger partial charge in [0.25, 0.3) is 0 Å². The summed E-state index contributed by atoms with van der Waals surface area (Å²) >= 11 is 0. The number of nitrogens with one attached hydrogen (secondary N) is 1. The molecule has 1 fully saturated rings. The monoisotopic (exact) mass is 255 g/mol. The van der Waals surface area contributed by atoms with E-state index in [2.05, 4.69) is 5.32 Å². The summed E-state index contributed by atoms with van der Waals surface area (Å²) in [5.74, 6) is 0.733. The third-order valence-electron chi connectivity index (χ3n) is 3.06. The van der Waals surface area contributed by atoms with Crippen molar-refractivity contribution in [3.8, 4) is 5.75 Å². The van der Waals surface area contributed by atoms with Gasteiger partial charge in [-0.2, -0.15) is 0 Å². The van der Waals surface area contributed by atoms with Crippen LogP contribution in [0, 0.1) is 0 Å². The molecule has 1 aliphatic carbocycles. The van der Waals surface area contributed by atoms with E-state index >= 15 is 0 Å². The van der Waals surface area contributed by atoms with Gasteiger partial charge in [-0.15, -0.1) is 0 Å². The molecule has 0 amide bonds. The maximum absolute atomic E-state index is 11.3. The van der Waals surface area contributed by atoms with Crippen molar-refractivity contribution in [1.82, 2.24) is 5.32 Å². The molecule has 0 bridgehead atoms. The summed E-state index contributed by atoms with van der Waals surface area (Å²) in [5.41, 5.74) is 0. The standard InChI is InChI=1S/C12H17NO3S/c1-13-9-7-11(8-9)16-10-3-5-12(6-4-10)17(2,14)15/h3-6,9,11,13H,7-8H2,1-2H3. The normalized spacial score (nSPS) is 24.1. The Labute approximate surface area is 102 Å². The third kappa shape index (κ3) is 2.98. The average Bonchev–Trinajstić information content (AvgIpc) is 2.22. The number of benzene rings is 1. The molecule has 1 aromatic carbocycles. The highest BCUT2D eigenvalue weighted by Gasteiger charge is 2.29. The molecule has 0 aliphatic heterocycles. The molecule has 1 saturated carbocycles. The van der Waals surface area contributed by atoms with Gasteiger partial charge in [0.2, 0.25) is 0 Å². The van der Waals surface area contributed by atoms with Crippen LogP contribution < -0.4 is 10.1 Å². The molecule has 0 atom stereocenters. The molecule has 0 saturated heterocycles. The Morgan fingerprint density at radius 2 is 1.82 bits per heavy atom. The van der Waals surface area contributed by atoms with Gasteiger partial charge in [-0.25, -0.2) is 8.42 Å². The van der Waals surface area contributed by atoms with Gasteiger partial charge < -0.3 is 10.1 Å². The molecular formula is C12H17NO3S. The van der Waals surface area contributed by atoms with Crippen molar-refractivity contribution in [3.05, 3.63) is 24.3 Å². The summed E-state index contributed by atoms with van der Waals surface area (Å²) in [7, 11) is -1.17. The van der Waals surface area contributed by atoms with Crippen LogP contribution in [0.15, 0.2) is 29.2 Å². The highest BCUT2D eigenvalue weighted by Crippen LogP contribution is 2.26. The van der Waals surface area contributed by atoms with Gasteiger partial charge >= 0.3 is 0 Å². The minimum Gasteiger partial charge on any atom is -0.490 e. The lowest BCUT2D eigenvalue weighted by Gasteiger charge is -2.35. The lowest BCUT2D eigenvalue weighted by Crippen LogP contribution is -2.45.